The Balaban J connectivity index is 1.89. The lowest BCUT2D eigenvalue weighted by Crippen LogP contribution is -2.39. The molecule has 0 amide bonds. The van der Waals surface area contributed by atoms with Gasteiger partial charge in [-0.2, -0.15) is 0 Å². The van der Waals surface area contributed by atoms with Crippen LogP contribution in [0.25, 0.3) is 10.9 Å². The van der Waals surface area contributed by atoms with Crippen molar-refractivity contribution in [1.29, 1.82) is 0 Å². The van der Waals surface area contributed by atoms with Gasteiger partial charge in [0.05, 0.1) is 0 Å². The molecule has 1 saturated carbocycles. The molecule has 2 heteroatoms. The molecular formula is C15H19N2. The zero-order valence-electron chi connectivity index (χ0n) is 10.5. The summed E-state index contributed by atoms with van der Waals surface area (Å²) in [6.07, 6.45) is 4.74. The van der Waals surface area contributed by atoms with Crippen molar-refractivity contribution in [2.45, 2.75) is 24.8 Å². The highest BCUT2D eigenvalue weighted by Gasteiger charge is 2.32. The topological polar surface area (TPSA) is 19.0 Å². The number of benzene rings is 1. The van der Waals surface area contributed by atoms with Crippen molar-refractivity contribution in [1.82, 2.24) is 9.88 Å². The lowest BCUT2D eigenvalue weighted by atomic mass is 9.75. The van der Waals surface area contributed by atoms with E-state index in [1.54, 1.807) is 0 Å². The molecular weight excluding hydrogens is 208 g/mol. The van der Waals surface area contributed by atoms with Gasteiger partial charge in [0.2, 0.25) is 0 Å². The fourth-order valence-electron chi connectivity index (χ4n) is 2.79. The van der Waals surface area contributed by atoms with Gasteiger partial charge in [-0.15, -0.1) is 0 Å². The molecule has 3 rings (SSSR count). The maximum atomic E-state index is 4.02. The van der Waals surface area contributed by atoms with E-state index in [0.29, 0.717) is 0 Å². The van der Waals surface area contributed by atoms with Crippen LogP contribution in [0.4, 0.5) is 0 Å². The van der Waals surface area contributed by atoms with E-state index in [2.05, 4.69) is 55.3 Å². The van der Waals surface area contributed by atoms with E-state index >= 15 is 0 Å². The Bertz CT molecular complexity index is 533. The van der Waals surface area contributed by atoms with Crippen molar-refractivity contribution < 1.29 is 0 Å². The minimum absolute atomic E-state index is 0.720. The molecule has 0 saturated heterocycles. The molecule has 0 atom stereocenters. The lowest BCUT2D eigenvalue weighted by molar-refractivity contribution is 0.167. The Labute approximate surface area is 103 Å². The van der Waals surface area contributed by atoms with E-state index in [9.17, 15) is 0 Å². The second kappa shape index (κ2) is 3.88. The SMILES string of the molecule is [CH2]c1ccc2[nH]cc(C3CC(N(C)C)C3)c2c1. The van der Waals surface area contributed by atoms with Crippen LogP contribution in [0.1, 0.15) is 29.9 Å². The first-order chi connectivity index (χ1) is 8.15. The summed E-state index contributed by atoms with van der Waals surface area (Å²) in [7, 11) is 4.34. The molecule has 2 nitrogen and oxygen atoms in total. The maximum Gasteiger partial charge on any atom is 0.0457 e. The Morgan fingerprint density at radius 1 is 1.29 bits per heavy atom. The van der Waals surface area contributed by atoms with Crippen LogP contribution >= 0.6 is 0 Å². The average Bonchev–Trinajstić information content (AvgIpc) is 2.59. The molecule has 1 aromatic heterocycles. The predicted molar refractivity (Wildman–Crippen MR) is 72.2 cm³/mol. The van der Waals surface area contributed by atoms with Gasteiger partial charge in [0.1, 0.15) is 0 Å². The fourth-order valence-corrected chi connectivity index (χ4v) is 2.79. The van der Waals surface area contributed by atoms with Crippen LogP contribution < -0.4 is 0 Å². The van der Waals surface area contributed by atoms with Crippen molar-refractivity contribution in [3.05, 3.63) is 42.4 Å². The van der Waals surface area contributed by atoms with E-state index in [1.165, 1.54) is 29.3 Å². The highest BCUT2D eigenvalue weighted by atomic mass is 15.1. The number of nitrogens with one attached hydrogen (secondary N) is 1. The van der Waals surface area contributed by atoms with Crippen LogP contribution in [0.15, 0.2) is 24.4 Å². The maximum absolute atomic E-state index is 4.02. The largest absolute Gasteiger partial charge is 0.361 e. The van der Waals surface area contributed by atoms with Crippen molar-refractivity contribution in [3.8, 4) is 0 Å². The Morgan fingerprint density at radius 2 is 2.06 bits per heavy atom. The van der Waals surface area contributed by atoms with Crippen LogP contribution in [0.5, 0.6) is 0 Å². The van der Waals surface area contributed by atoms with E-state index in [-0.39, 0.29) is 0 Å². The summed E-state index contributed by atoms with van der Waals surface area (Å²) in [5, 5.41) is 1.36. The molecule has 1 fully saturated rings. The highest BCUT2D eigenvalue weighted by Crippen LogP contribution is 2.41. The van der Waals surface area contributed by atoms with Gasteiger partial charge >= 0.3 is 0 Å². The van der Waals surface area contributed by atoms with Gasteiger partial charge in [-0.1, -0.05) is 6.07 Å². The third-order valence-electron chi connectivity index (χ3n) is 4.06. The number of rotatable bonds is 2. The number of hydrogen-bond donors (Lipinski definition) is 1. The van der Waals surface area contributed by atoms with Gasteiger partial charge in [0, 0.05) is 23.1 Å². The summed E-state index contributed by atoms with van der Waals surface area (Å²) >= 11 is 0. The van der Waals surface area contributed by atoms with Gasteiger partial charge in [0.15, 0.2) is 0 Å². The minimum atomic E-state index is 0.720. The molecule has 1 radical (unpaired) electrons. The normalized spacial score (nSPS) is 24.2. The first-order valence-corrected chi connectivity index (χ1v) is 6.24. The van der Waals surface area contributed by atoms with Crippen LogP contribution in [-0.2, 0) is 0 Å². The third kappa shape index (κ3) is 1.77. The van der Waals surface area contributed by atoms with Crippen LogP contribution in [0.2, 0.25) is 0 Å². The molecule has 17 heavy (non-hydrogen) atoms. The van der Waals surface area contributed by atoms with Crippen molar-refractivity contribution in [2.24, 2.45) is 0 Å². The number of H-pyrrole nitrogens is 1. The number of aromatic nitrogens is 1. The number of nitrogens with zero attached hydrogens (tertiary/aromatic N) is 1. The number of aromatic amines is 1. The van der Waals surface area contributed by atoms with Crippen molar-refractivity contribution >= 4 is 10.9 Å². The summed E-state index contributed by atoms with van der Waals surface area (Å²) in [6, 6.07) is 7.15. The molecule has 1 aromatic carbocycles. The predicted octanol–water partition coefficient (Wildman–Crippen LogP) is 3.16. The molecule has 1 N–H and O–H groups in total. The van der Waals surface area contributed by atoms with Crippen LogP contribution in [0, 0.1) is 6.92 Å². The van der Waals surface area contributed by atoms with Gasteiger partial charge in [0.25, 0.3) is 0 Å². The van der Waals surface area contributed by atoms with Gasteiger partial charge in [-0.05, 0) is 63.0 Å². The lowest BCUT2D eigenvalue weighted by Gasteiger charge is -2.39. The van der Waals surface area contributed by atoms with Crippen LogP contribution in [-0.4, -0.2) is 30.0 Å². The first-order valence-electron chi connectivity index (χ1n) is 6.24. The van der Waals surface area contributed by atoms with E-state index < -0.39 is 0 Å². The second-order valence-corrected chi connectivity index (χ2v) is 5.41. The second-order valence-electron chi connectivity index (χ2n) is 5.41. The standard InChI is InChI=1S/C15H19N2/c1-10-4-5-15-13(6-10)14(9-16-15)11-7-12(8-11)17(2)3/h4-6,9,11-12,16H,1,7-8H2,2-3H3. The fraction of sp³-hybridized carbons (Fsp3) is 0.400. The summed E-state index contributed by atoms with van der Waals surface area (Å²) < 4.78 is 0. The summed E-state index contributed by atoms with van der Waals surface area (Å²) in [5.74, 6) is 0.720. The van der Waals surface area contributed by atoms with Gasteiger partial charge in [-0.25, -0.2) is 0 Å². The summed E-state index contributed by atoms with van der Waals surface area (Å²) in [6.45, 7) is 4.02. The smallest absolute Gasteiger partial charge is 0.0457 e. The number of hydrogen-bond acceptors (Lipinski definition) is 1. The molecule has 0 spiro atoms. The Hall–Kier alpha value is -1.28. The molecule has 0 unspecified atom stereocenters. The summed E-state index contributed by atoms with van der Waals surface area (Å²) in [4.78, 5) is 5.70. The van der Waals surface area contributed by atoms with Crippen LogP contribution in [0.3, 0.4) is 0 Å². The first kappa shape index (κ1) is 10.8. The molecule has 1 heterocycles. The van der Waals surface area contributed by atoms with E-state index in [0.717, 1.165) is 17.5 Å². The average molecular weight is 227 g/mol. The van der Waals surface area contributed by atoms with Crippen molar-refractivity contribution in [2.75, 3.05) is 14.1 Å². The zero-order valence-corrected chi connectivity index (χ0v) is 10.5. The van der Waals surface area contributed by atoms with Gasteiger partial charge < -0.3 is 9.88 Å². The molecule has 0 aliphatic heterocycles. The monoisotopic (exact) mass is 227 g/mol. The molecule has 2 aromatic rings. The Kier molecular flexibility index (Phi) is 2.48. The van der Waals surface area contributed by atoms with Crippen molar-refractivity contribution in [3.63, 3.8) is 0 Å². The third-order valence-corrected chi connectivity index (χ3v) is 4.06. The quantitative estimate of drug-likeness (QED) is 0.835. The zero-order chi connectivity index (χ0) is 12.0. The van der Waals surface area contributed by atoms with E-state index in [4.69, 9.17) is 0 Å². The molecule has 89 valence electrons. The van der Waals surface area contributed by atoms with E-state index in [1.807, 2.05) is 0 Å². The molecule has 0 bridgehead atoms. The molecule has 1 aliphatic carbocycles. The summed E-state index contributed by atoms with van der Waals surface area (Å²) in [5.41, 5.74) is 3.81. The van der Waals surface area contributed by atoms with Gasteiger partial charge in [-0.3, -0.25) is 0 Å². The molecule has 1 aliphatic rings. The minimum Gasteiger partial charge on any atom is -0.361 e. The number of fused-ring (bicyclic) bond motifs is 1. The Morgan fingerprint density at radius 3 is 2.76 bits per heavy atom. The highest BCUT2D eigenvalue weighted by molar-refractivity contribution is 5.84.